The molecule has 1 atom stereocenters. The zero-order valence-corrected chi connectivity index (χ0v) is 18.2. The zero-order valence-electron chi connectivity index (χ0n) is 17.5. The van der Waals surface area contributed by atoms with Gasteiger partial charge in [0.1, 0.15) is 0 Å². The summed E-state index contributed by atoms with van der Waals surface area (Å²) in [5, 5.41) is 9.60. The van der Waals surface area contributed by atoms with E-state index in [1.54, 1.807) is 0 Å². The molecule has 0 aromatic heterocycles. The number of carbonyl (C=O) groups excluding carboxylic acids is 1. The highest BCUT2D eigenvalue weighted by Crippen LogP contribution is 2.31. The number of alkyl halides is 3. The van der Waals surface area contributed by atoms with E-state index in [1.807, 2.05) is 19.1 Å². The molecule has 1 aromatic carbocycles. The summed E-state index contributed by atoms with van der Waals surface area (Å²) in [6.07, 6.45) is -6.47. The molecule has 0 unspecified atom stereocenters. The molecule has 2 aliphatic rings. The number of aliphatic hydroxyl groups is 1. The van der Waals surface area contributed by atoms with Crippen LogP contribution in [0.1, 0.15) is 24.0 Å². The molecule has 0 bridgehead atoms. The molecule has 3 rings (SSSR count). The molecule has 6 nitrogen and oxygen atoms in total. The molecule has 1 aromatic rings. The van der Waals surface area contributed by atoms with Crippen molar-refractivity contribution in [1.29, 1.82) is 0 Å². The Balaban J connectivity index is 1.50. The Hall–Kier alpha value is -1.55. The van der Waals surface area contributed by atoms with Gasteiger partial charge in [0.05, 0.1) is 18.8 Å². The number of morpholine rings is 1. The molecule has 174 valence electrons. The Morgan fingerprint density at radius 3 is 2.65 bits per heavy atom. The number of piperidine rings is 1. The molecule has 1 amide bonds. The number of hydrogen-bond acceptors (Lipinski definition) is 5. The van der Waals surface area contributed by atoms with Crippen LogP contribution in [0, 0.1) is 6.92 Å². The van der Waals surface area contributed by atoms with Gasteiger partial charge in [0.2, 0.25) is 6.10 Å². The number of halogens is 4. The van der Waals surface area contributed by atoms with Crippen LogP contribution >= 0.6 is 11.6 Å². The van der Waals surface area contributed by atoms with E-state index in [4.69, 9.17) is 21.4 Å². The Kier molecular flexibility index (Phi) is 7.72. The first-order valence-electron chi connectivity index (χ1n) is 10.4. The number of carbonyl (C=O) groups is 1. The van der Waals surface area contributed by atoms with Gasteiger partial charge >= 0.3 is 12.3 Å². The zero-order chi connectivity index (χ0) is 22.6. The smallest absolute Gasteiger partial charge is 0.427 e. The van der Waals surface area contributed by atoms with Crippen LogP contribution in [-0.2, 0) is 15.9 Å². The molecule has 0 saturated carbocycles. The molecule has 0 radical (unpaired) electrons. The number of ether oxygens (including phenoxy) is 2. The Morgan fingerprint density at radius 1 is 1.32 bits per heavy atom. The van der Waals surface area contributed by atoms with Gasteiger partial charge in [0, 0.05) is 37.7 Å². The summed E-state index contributed by atoms with van der Waals surface area (Å²) in [7, 11) is 0. The van der Waals surface area contributed by atoms with Crippen LogP contribution in [0.15, 0.2) is 18.2 Å². The third-order valence-corrected chi connectivity index (χ3v) is 6.39. The van der Waals surface area contributed by atoms with E-state index in [9.17, 15) is 18.0 Å². The Labute approximate surface area is 184 Å². The first kappa shape index (κ1) is 24.1. The minimum absolute atomic E-state index is 0.246. The molecule has 31 heavy (non-hydrogen) atoms. The number of aliphatic hydroxyl groups excluding tert-OH is 1. The van der Waals surface area contributed by atoms with Crippen molar-refractivity contribution in [3.8, 4) is 0 Å². The second-order valence-corrected chi connectivity index (χ2v) is 8.63. The number of amides is 1. The Bertz CT molecular complexity index is 769. The maximum absolute atomic E-state index is 12.7. The van der Waals surface area contributed by atoms with E-state index >= 15 is 0 Å². The highest BCUT2D eigenvalue weighted by Gasteiger charge is 2.45. The summed E-state index contributed by atoms with van der Waals surface area (Å²) in [4.78, 5) is 15.7. The lowest BCUT2D eigenvalue weighted by atomic mass is 9.89. The molecule has 2 fully saturated rings. The van der Waals surface area contributed by atoms with Crippen molar-refractivity contribution in [1.82, 2.24) is 9.80 Å². The Morgan fingerprint density at radius 2 is 2.03 bits per heavy atom. The van der Waals surface area contributed by atoms with Crippen molar-refractivity contribution < 1.29 is 32.5 Å². The van der Waals surface area contributed by atoms with E-state index in [-0.39, 0.29) is 13.1 Å². The third kappa shape index (κ3) is 6.25. The number of hydrogen-bond donors (Lipinski definition) is 1. The van der Waals surface area contributed by atoms with Crippen LogP contribution in [0.4, 0.5) is 18.0 Å². The summed E-state index contributed by atoms with van der Waals surface area (Å²) in [5.41, 5.74) is 1.79. The second-order valence-electron chi connectivity index (χ2n) is 8.22. The van der Waals surface area contributed by atoms with Crippen LogP contribution in [-0.4, -0.2) is 84.8 Å². The summed E-state index contributed by atoms with van der Waals surface area (Å²) in [5.74, 6) is 0. The topological polar surface area (TPSA) is 62.2 Å². The van der Waals surface area contributed by atoms with E-state index in [1.165, 1.54) is 4.90 Å². The highest BCUT2D eigenvalue weighted by atomic mass is 35.5. The highest BCUT2D eigenvalue weighted by molar-refractivity contribution is 6.31. The molecule has 2 saturated heterocycles. The van der Waals surface area contributed by atoms with Gasteiger partial charge in [-0.3, -0.25) is 4.90 Å². The lowest BCUT2D eigenvalue weighted by Crippen LogP contribution is -2.58. The third-order valence-electron chi connectivity index (χ3n) is 5.99. The van der Waals surface area contributed by atoms with E-state index in [0.29, 0.717) is 26.0 Å². The maximum Gasteiger partial charge on any atom is 0.427 e. The fourth-order valence-corrected chi connectivity index (χ4v) is 4.20. The molecular weight excluding hydrogens is 437 g/mol. The summed E-state index contributed by atoms with van der Waals surface area (Å²) in [6, 6.07) is 6.06. The number of benzene rings is 1. The predicted molar refractivity (Wildman–Crippen MR) is 109 cm³/mol. The molecule has 1 spiro atoms. The van der Waals surface area contributed by atoms with Gasteiger partial charge in [-0.15, -0.1) is 0 Å². The van der Waals surface area contributed by atoms with Crippen molar-refractivity contribution in [2.24, 2.45) is 0 Å². The number of aryl methyl sites for hydroxylation is 1. The molecule has 1 N–H and O–H groups in total. The number of rotatable bonds is 5. The van der Waals surface area contributed by atoms with Crippen LogP contribution in [0.3, 0.4) is 0 Å². The maximum atomic E-state index is 12.7. The normalized spacial score (nSPS) is 20.6. The largest absolute Gasteiger partial charge is 0.434 e. The first-order valence-corrected chi connectivity index (χ1v) is 10.7. The molecule has 2 heterocycles. The summed E-state index contributed by atoms with van der Waals surface area (Å²) in [6.45, 7) is 4.09. The SMILES string of the molecule is Cc1ccc(CCN2CCOC3(CCN(C(=O)O[C@H](CO)C(F)(F)F)CC3)C2)cc1Cl. The predicted octanol–water partition coefficient (Wildman–Crippen LogP) is 3.42. The number of nitrogens with zero attached hydrogens (tertiary/aromatic N) is 2. The number of likely N-dealkylation sites (tertiary alicyclic amines) is 1. The van der Waals surface area contributed by atoms with Crippen molar-refractivity contribution in [3.05, 3.63) is 34.3 Å². The van der Waals surface area contributed by atoms with Gasteiger partial charge in [0.15, 0.2) is 0 Å². The standard InChI is InChI=1S/C21H28ClF3N2O4/c1-15-2-3-16(12-17(15)22)4-7-26-10-11-30-20(14-26)5-8-27(9-6-20)19(29)31-18(13-28)21(23,24)25/h2-3,12,18,28H,4-11,13-14H2,1H3/t18-/m1/s1. The van der Waals surface area contributed by atoms with Crippen LogP contribution < -0.4 is 0 Å². The quantitative estimate of drug-likeness (QED) is 0.723. The van der Waals surface area contributed by atoms with E-state index in [0.717, 1.165) is 35.7 Å². The van der Waals surface area contributed by atoms with Crippen molar-refractivity contribution >= 4 is 17.7 Å². The molecule has 2 aliphatic heterocycles. The molecule has 10 heteroatoms. The van der Waals surface area contributed by atoms with Crippen molar-refractivity contribution in [3.63, 3.8) is 0 Å². The van der Waals surface area contributed by atoms with Gasteiger partial charge in [-0.25, -0.2) is 4.79 Å². The molecule has 0 aliphatic carbocycles. The lowest BCUT2D eigenvalue weighted by Gasteiger charge is -2.47. The summed E-state index contributed by atoms with van der Waals surface area (Å²) < 4.78 is 48.7. The van der Waals surface area contributed by atoms with Gasteiger partial charge in [0.25, 0.3) is 0 Å². The lowest BCUT2D eigenvalue weighted by molar-refractivity contribution is -0.215. The minimum Gasteiger partial charge on any atom is -0.434 e. The fraction of sp³-hybridized carbons (Fsp3) is 0.667. The van der Waals surface area contributed by atoms with E-state index < -0.39 is 30.6 Å². The fourth-order valence-electron chi connectivity index (χ4n) is 4.00. The van der Waals surface area contributed by atoms with Crippen LogP contribution in [0.25, 0.3) is 0 Å². The second kappa shape index (κ2) is 9.94. The van der Waals surface area contributed by atoms with Crippen molar-refractivity contribution in [2.75, 3.05) is 45.9 Å². The van der Waals surface area contributed by atoms with Crippen molar-refractivity contribution in [2.45, 2.75) is 44.1 Å². The van der Waals surface area contributed by atoms with Gasteiger partial charge in [-0.05, 0) is 43.4 Å². The van der Waals surface area contributed by atoms with E-state index in [2.05, 4.69) is 15.7 Å². The van der Waals surface area contributed by atoms with Gasteiger partial charge in [-0.1, -0.05) is 23.7 Å². The minimum atomic E-state index is -4.80. The van der Waals surface area contributed by atoms with Gasteiger partial charge in [-0.2, -0.15) is 13.2 Å². The van der Waals surface area contributed by atoms with Crippen LogP contribution in [0.5, 0.6) is 0 Å². The first-order chi connectivity index (χ1) is 14.6. The average Bonchev–Trinajstić information content (AvgIpc) is 2.72. The average molecular weight is 465 g/mol. The van der Waals surface area contributed by atoms with Crippen LogP contribution in [0.2, 0.25) is 5.02 Å². The summed E-state index contributed by atoms with van der Waals surface area (Å²) >= 11 is 6.20. The monoisotopic (exact) mass is 464 g/mol. The van der Waals surface area contributed by atoms with Gasteiger partial charge < -0.3 is 19.5 Å². The molecular formula is C21H28ClF3N2O4.